The van der Waals surface area contributed by atoms with E-state index in [1.165, 1.54) is 12.1 Å². The van der Waals surface area contributed by atoms with E-state index < -0.39 is 4.92 Å². The van der Waals surface area contributed by atoms with E-state index in [0.717, 1.165) is 24.5 Å². The predicted octanol–water partition coefficient (Wildman–Crippen LogP) is 6.91. The zero-order valence-electron chi connectivity index (χ0n) is 14.8. The molecule has 0 aliphatic heterocycles. The maximum absolute atomic E-state index is 10.7. The number of halogens is 3. The van der Waals surface area contributed by atoms with Crippen molar-refractivity contribution in [1.82, 2.24) is 0 Å². The first-order valence-electron chi connectivity index (χ1n) is 8.32. The summed E-state index contributed by atoms with van der Waals surface area (Å²) in [5, 5.41) is 14.8. The van der Waals surface area contributed by atoms with Crippen LogP contribution in [-0.4, -0.2) is 11.1 Å². The van der Waals surface area contributed by atoms with Gasteiger partial charge in [-0.3, -0.25) is 15.5 Å². The normalized spacial score (nSPS) is 10.9. The van der Waals surface area contributed by atoms with Crippen molar-refractivity contribution in [3.05, 3.63) is 95.3 Å². The Hall–Kier alpha value is -2.23. The summed E-state index contributed by atoms with van der Waals surface area (Å²) in [7, 11) is 0. The zero-order chi connectivity index (χ0) is 20.8. The third-order valence-electron chi connectivity index (χ3n) is 3.80. The number of nitro benzene ring substituents is 1. The molecule has 0 spiro atoms. The molecule has 0 aromatic heterocycles. The molecule has 0 saturated heterocycles. The van der Waals surface area contributed by atoms with E-state index in [1.54, 1.807) is 18.3 Å². The van der Waals surface area contributed by atoms with Gasteiger partial charge in [0.15, 0.2) is 0 Å². The summed E-state index contributed by atoms with van der Waals surface area (Å²) in [6.07, 6.45) is 1.65. The van der Waals surface area contributed by atoms with Crippen LogP contribution in [0, 0.1) is 10.1 Å². The van der Waals surface area contributed by atoms with E-state index in [0.29, 0.717) is 18.0 Å². The Morgan fingerprint density at radius 2 is 1.62 bits per heavy atom. The van der Waals surface area contributed by atoms with E-state index in [1.807, 2.05) is 36.4 Å². The summed E-state index contributed by atoms with van der Waals surface area (Å²) >= 11 is 10.5. The molecule has 29 heavy (non-hydrogen) atoms. The van der Waals surface area contributed by atoms with Crippen LogP contribution in [0.15, 0.2) is 79.2 Å². The Kier molecular flexibility index (Phi) is 7.40. The fourth-order valence-electron chi connectivity index (χ4n) is 2.37. The van der Waals surface area contributed by atoms with Gasteiger partial charge in [-0.25, -0.2) is 0 Å². The molecule has 9 heteroatoms. The van der Waals surface area contributed by atoms with Gasteiger partial charge in [-0.2, -0.15) is 5.10 Å². The highest BCUT2D eigenvalue weighted by Crippen LogP contribution is 2.35. The number of hydrogen-bond acceptors (Lipinski definition) is 5. The lowest BCUT2D eigenvalue weighted by Crippen LogP contribution is -1.98. The van der Waals surface area contributed by atoms with Gasteiger partial charge in [-0.1, -0.05) is 28.1 Å². The number of ether oxygens (including phenoxy) is 1. The monoisotopic (exact) mass is 581 g/mol. The summed E-state index contributed by atoms with van der Waals surface area (Å²) in [4.78, 5) is 10.2. The zero-order valence-corrected chi connectivity index (χ0v) is 19.6. The van der Waals surface area contributed by atoms with Crippen molar-refractivity contribution in [1.29, 1.82) is 0 Å². The summed E-state index contributed by atoms with van der Waals surface area (Å²) < 4.78 is 8.54. The Bertz CT molecular complexity index is 1020. The van der Waals surface area contributed by atoms with Crippen molar-refractivity contribution in [2.45, 2.75) is 6.61 Å². The van der Waals surface area contributed by atoms with E-state index in [9.17, 15) is 10.1 Å². The van der Waals surface area contributed by atoms with Crippen LogP contribution < -0.4 is 10.2 Å². The van der Waals surface area contributed by atoms with Crippen LogP contribution in [0.2, 0.25) is 0 Å². The summed E-state index contributed by atoms with van der Waals surface area (Å²) in [5.41, 5.74) is 5.43. The molecule has 3 aromatic carbocycles. The lowest BCUT2D eigenvalue weighted by atomic mass is 10.2. The molecule has 0 amide bonds. The van der Waals surface area contributed by atoms with Gasteiger partial charge in [-0.05, 0) is 79.4 Å². The molecule has 1 N–H and O–H groups in total. The fraction of sp³-hybridized carbons (Fsp3) is 0.0500. The van der Waals surface area contributed by atoms with Crippen LogP contribution in [0.1, 0.15) is 11.1 Å². The predicted molar refractivity (Wildman–Crippen MR) is 125 cm³/mol. The van der Waals surface area contributed by atoms with Gasteiger partial charge >= 0.3 is 0 Å². The van der Waals surface area contributed by atoms with Crippen LogP contribution in [-0.2, 0) is 6.61 Å². The van der Waals surface area contributed by atoms with Crippen molar-refractivity contribution in [2.75, 3.05) is 5.43 Å². The molecular weight excluding hydrogens is 570 g/mol. The highest BCUT2D eigenvalue weighted by Gasteiger charge is 2.09. The van der Waals surface area contributed by atoms with Crippen molar-refractivity contribution in [3.8, 4) is 5.75 Å². The number of rotatable bonds is 7. The smallest absolute Gasteiger partial charge is 0.269 e. The van der Waals surface area contributed by atoms with Crippen LogP contribution in [0.3, 0.4) is 0 Å². The second kappa shape index (κ2) is 10.00. The maximum Gasteiger partial charge on any atom is 0.269 e. The van der Waals surface area contributed by atoms with Crippen molar-refractivity contribution < 1.29 is 9.66 Å². The number of benzene rings is 3. The van der Waals surface area contributed by atoms with Gasteiger partial charge in [0.25, 0.3) is 5.69 Å². The number of nitrogens with zero attached hydrogens (tertiary/aromatic N) is 2. The van der Waals surface area contributed by atoms with Crippen LogP contribution in [0.4, 0.5) is 11.4 Å². The van der Waals surface area contributed by atoms with Gasteiger partial charge in [-0.15, -0.1) is 0 Å². The molecule has 0 radical (unpaired) electrons. The molecule has 6 nitrogen and oxygen atoms in total. The lowest BCUT2D eigenvalue weighted by molar-refractivity contribution is -0.384. The molecule has 0 bridgehead atoms. The standard InChI is InChI=1S/C20H14Br3N3O3/c21-15-3-1-13(2-4-15)12-29-20-18(22)9-14(10-19(20)23)11-24-25-16-5-7-17(8-6-16)26(27)28/h1-11,25H,12H2/b24-11+. The van der Waals surface area contributed by atoms with E-state index in [4.69, 9.17) is 4.74 Å². The van der Waals surface area contributed by atoms with Crippen LogP contribution >= 0.6 is 47.8 Å². The van der Waals surface area contributed by atoms with Gasteiger partial charge in [0.2, 0.25) is 0 Å². The molecular formula is C20H14Br3N3O3. The number of nitro groups is 1. The molecule has 3 rings (SSSR count). The molecule has 0 aliphatic carbocycles. The van der Waals surface area contributed by atoms with Gasteiger partial charge in [0.1, 0.15) is 12.4 Å². The molecule has 0 fully saturated rings. The quantitative estimate of drug-likeness (QED) is 0.186. The Labute approximate surface area is 192 Å². The number of hydrazone groups is 1. The second-order valence-electron chi connectivity index (χ2n) is 5.90. The van der Waals surface area contributed by atoms with Gasteiger partial charge in [0, 0.05) is 16.6 Å². The molecule has 3 aromatic rings. The number of non-ortho nitro benzene ring substituents is 1. The molecule has 0 aliphatic rings. The first-order valence-corrected chi connectivity index (χ1v) is 10.7. The topological polar surface area (TPSA) is 76.8 Å². The Balaban J connectivity index is 1.64. The molecule has 0 heterocycles. The van der Waals surface area contributed by atoms with Gasteiger partial charge in [0.05, 0.1) is 25.8 Å². The minimum Gasteiger partial charge on any atom is -0.487 e. The number of hydrogen-bond donors (Lipinski definition) is 1. The maximum atomic E-state index is 10.7. The third-order valence-corrected chi connectivity index (χ3v) is 5.51. The highest BCUT2D eigenvalue weighted by atomic mass is 79.9. The molecule has 0 saturated carbocycles. The largest absolute Gasteiger partial charge is 0.487 e. The van der Waals surface area contributed by atoms with E-state index in [2.05, 4.69) is 58.3 Å². The van der Waals surface area contributed by atoms with Crippen molar-refractivity contribution in [2.24, 2.45) is 5.10 Å². The second-order valence-corrected chi connectivity index (χ2v) is 8.53. The summed E-state index contributed by atoms with van der Waals surface area (Å²) in [6, 6.07) is 17.8. The molecule has 148 valence electrons. The average molecular weight is 584 g/mol. The SMILES string of the molecule is O=[N+]([O-])c1ccc(N/N=C/c2cc(Br)c(OCc3ccc(Br)cc3)c(Br)c2)cc1. The number of anilines is 1. The minimum atomic E-state index is -0.442. The van der Waals surface area contributed by atoms with E-state index in [-0.39, 0.29) is 5.69 Å². The molecule has 0 unspecified atom stereocenters. The molecule has 0 atom stereocenters. The number of nitrogens with one attached hydrogen (secondary N) is 1. The van der Waals surface area contributed by atoms with E-state index >= 15 is 0 Å². The third kappa shape index (κ3) is 6.12. The Morgan fingerprint density at radius 1 is 1.00 bits per heavy atom. The first kappa shape index (κ1) is 21.5. The fourth-order valence-corrected chi connectivity index (χ4v) is 4.08. The minimum absolute atomic E-state index is 0.0334. The lowest BCUT2D eigenvalue weighted by Gasteiger charge is -2.11. The average Bonchev–Trinajstić information content (AvgIpc) is 2.69. The Morgan fingerprint density at radius 3 is 2.21 bits per heavy atom. The summed E-state index contributed by atoms with van der Waals surface area (Å²) in [5.74, 6) is 0.702. The van der Waals surface area contributed by atoms with Crippen LogP contribution in [0.5, 0.6) is 5.75 Å². The van der Waals surface area contributed by atoms with Crippen LogP contribution in [0.25, 0.3) is 0 Å². The summed E-state index contributed by atoms with van der Waals surface area (Å²) in [6.45, 7) is 0.444. The first-order chi connectivity index (χ1) is 13.9. The highest BCUT2D eigenvalue weighted by molar-refractivity contribution is 9.11. The van der Waals surface area contributed by atoms with Gasteiger partial charge < -0.3 is 4.74 Å². The van der Waals surface area contributed by atoms with Crippen molar-refractivity contribution >= 4 is 65.4 Å². The van der Waals surface area contributed by atoms with Crippen molar-refractivity contribution in [3.63, 3.8) is 0 Å².